The summed E-state index contributed by atoms with van der Waals surface area (Å²) in [5.74, 6) is 1.30. The van der Waals surface area contributed by atoms with E-state index in [4.69, 9.17) is 4.74 Å². The fourth-order valence-corrected chi connectivity index (χ4v) is 4.30. The highest BCUT2D eigenvalue weighted by Gasteiger charge is 2.19. The predicted octanol–water partition coefficient (Wildman–Crippen LogP) is 2.63. The first-order valence-electron chi connectivity index (χ1n) is 11.1. The molecule has 0 atom stereocenters. The second kappa shape index (κ2) is 8.58. The van der Waals surface area contributed by atoms with Crippen molar-refractivity contribution in [2.75, 3.05) is 19.0 Å². The Hall–Kier alpha value is -4.27. The fourth-order valence-electron chi connectivity index (χ4n) is 4.30. The molecule has 0 radical (unpaired) electrons. The number of methoxy groups -OCH3 is 1. The number of imidazole rings is 1. The third-order valence-electron chi connectivity index (χ3n) is 6.20. The summed E-state index contributed by atoms with van der Waals surface area (Å²) >= 11 is 0. The minimum absolute atomic E-state index is 0.358. The molecule has 0 saturated carbocycles. The standard InChI is InChI=1S/C25H26N6O3/c1-29-22-21(23(32)30(2)25(29)33)31(15-16-8-10-18(34-3)11-9-16)24(28-22)26-13-12-17-14-27-20-7-5-4-6-19(17)20/h4-11,14,27H,12-13,15H2,1-3H3,(H,26,28). The van der Waals surface area contributed by atoms with Crippen LogP contribution in [0.2, 0.25) is 0 Å². The molecule has 9 heteroatoms. The number of H-pyrrole nitrogens is 1. The molecule has 0 spiro atoms. The number of hydrogen-bond acceptors (Lipinski definition) is 5. The van der Waals surface area contributed by atoms with Crippen molar-refractivity contribution < 1.29 is 4.74 Å². The largest absolute Gasteiger partial charge is 0.497 e. The maximum absolute atomic E-state index is 13.1. The van der Waals surface area contributed by atoms with Gasteiger partial charge in [-0.25, -0.2) is 4.79 Å². The topological polar surface area (TPSA) is 98.9 Å². The van der Waals surface area contributed by atoms with Gasteiger partial charge in [-0.15, -0.1) is 0 Å². The van der Waals surface area contributed by atoms with Crippen molar-refractivity contribution >= 4 is 28.0 Å². The zero-order valence-electron chi connectivity index (χ0n) is 19.3. The Kier molecular flexibility index (Phi) is 5.45. The van der Waals surface area contributed by atoms with E-state index in [0.29, 0.717) is 30.2 Å². The van der Waals surface area contributed by atoms with Crippen LogP contribution in [-0.2, 0) is 27.1 Å². The van der Waals surface area contributed by atoms with E-state index in [2.05, 4.69) is 27.4 Å². The van der Waals surface area contributed by atoms with Crippen LogP contribution in [0.5, 0.6) is 5.75 Å². The number of benzene rings is 2. The molecule has 0 aliphatic carbocycles. The van der Waals surface area contributed by atoms with Gasteiger partial charge in [-0.2, -0.15) is 4.98 Å². The first-order chi connectivity index (χ1) is 16.5. The van der Waals surface area contributed by atoms with Crippen molar-refractivity contribution in [3.8, 4) is 5.75 Å². The fraction of sp³-hybridized carbons (Fsp3) is 0.240. The third-order valence-corrected chi connectivity index (χ3v) is 6.20. The average Bonchev–Trinajstić information content (AvgIpc) is 3.44. The van der Waals surface area contributed by atoms with Crippen molar-refractivity contribution in [1.29, 1.82) is 0 Å². The molecular weight excluding hydrogens is 432 g/mol. The van der Waals surface area contributed by atoms with Crippen molar-refractivity contribution in [3.05, 3.63) is 86.7 Å². The number of nitrogens with zero attached hydrogens (tertiary/aromatic N) is 4. The summed E-state index contributed by atoms with van der Waals surface area (Å²) in [6.45, 7) is 1.03. The Morgan fingerprint density at radius 2 is 1.79 bits per heavy atom. The smallest absolute Gasteiger partial charge is 0.332 e. The normalized spacial score (nSPS) is 11.4. The minimum atomic E-state index is -0.406. The van der Waals surface area contributed by atoms with E-state index in [1.54, 1.807) is 14.2 Å². The number of hydrogen-bond donors (Lipinski definition) is 2. The van der Waals surface area contributed by atoms with Gasteiger partial charge in [-0.1, -0.05) is 30.3 Å². The quantitative estimate of drug-likeness (QED) is 0.391. The van der Waals surface area contributed by atoms with Crippen molar-refractivity contribution in [1.82, 2.24) is 23.7 Å². The van der Waals surface area contributed by atoms with Crippen molar-refractivity contribution in [2.24, 2.45) is 14.1 Å². The Morgan fingerprint density at radius 1 is 1.03 bits per heavy atom. The zero-order valence-corrected chi connectivity index (χ0v) is 19.3. The Bertz CT molecular complexity index is 1600. The molecule has 174 valence electrons. The molecule has 2 N–H and O–H groups in total. The van der Waals surface area contributed by atoms with Crippen LogP contribution in [0.4, 0.5) is 5.95 Å². The zero-order chi connectivity index (χ0) is 23.8. The molecule has 9 nitrogen and oxygen atoms in total. The summed E-state index contributed by atoms with van der Waals surface area (Å²) < 4.78 is 9.62. The Morgan fingerprint density at radius 3 is 2.56 bits per heavy atom. The van der Waals surface area contributed by atoms with Gasteiger partial charge in [0.05, 0.1) is 13.7 Å². The van der Waals surface area contributed by atoms with Crippen LogP contribution in [0.1, 0.15) is 11.1 Å². The van der Waals surface area contributed by atoms with E-state index in [1.807, 2.05) is 47.2 Å². The molecule has 0 aliphatic heterocycles. The minimum Gasteiger partial charge on any atom is -0.497 e. The summed E-state index contributed by atoms with van der Waals surface area (Å²) in [4.78, 5) is 33.5. The number of fused-ring (bicyclic) bond motifs is 2. The molecule has 0 unspecified atom stereocenters. The molecule has 5 rings (SSSR count). The Labute approximate surface area is 195 Å². The number of para-hydroxylation sites is 1. The Balaban J connectivity index is 1.52. The van der Waals surface area contributed by atoms with Crippen LogP contribution in [0, 0.1) is 0 Å². The molecule has 0 bridgehead atoms. The lowest BCUT2D eigenvalue weighted by atomic mass is 10.1. The predicted molar refractivity (Wildman–Crippen MR) is 133 cm³/mol. The number of rotatable bonds is 7. The van der Waals surface area contributed by atoms with Gasteiger partial charge >= 0.3 is 5.69 Å². The molecule has 34 heavy (non-hydrogen) atoms. The summed E-state index contributed by atoms with van der Waals surface area (Å²) in [5.41, 5.74) is 3.25. The highest BCUT2D eigenvalue weighted by Crippen LogP contribution is 2.21. The van der Waals surface area contributed by atoms with Crippen LogP contribution in [0.25, 0.3) is 22.1 Å². The number of ether oxygens (including phenoxy) is 1. The maximum Gasteiger partial charge on any atom is 0.332 e. The second-order valence-electron chi connectivity index (χ2n) is 8.28. The van der Waals surface area contributed by atoms with Crippen LogP contribution in [0.15, 0.2) is 64.3 Å². The van der Waals surface area contributed by atoms with E-state index >= 15 is 0 Å². The molecular formula is C25H26N6O3. The van der Waals surface area contributed by atoms with Crippen LogP contribution in [-0.4, -0.2) is 37.3 Å². The van der Waals surface area contributed by atoms with Gasteiger partial charge in [0.2, 0.25) is 5.95 Å². The van der Waals surface area contributed by atoms with E-state index in [-0.39, 0.29) is 5.56 Å². The molecule has 0 fully saturated rings. The van der Waals surface area contributed by atoms with Crippen LogP contribution in [0.3, 0.4) is 0 Å². The lowest BCUT2D eigenvalue weighted by molar-refractivity contribution is 0.414. The number of anilines is 1. The highest BCUT2D eigenvalue weighted by atomic mass is 16.5. The summed E-state index contributed by atoms with van der Waals surface area (Å²) in [7, 11) is 4.74. The molecule has 0 aliphatic rings. The van der Waals surface area contributed by atoms with E-state index in [1.165, 1.54) is 22.6 Å². The van der Waals surface area contributed by atoms with Crippen LogP contribution < -0.4 is 21.3 Å². The van der Waals surface area contributed by atoms with Crippen LogP contribution >= 0.6 is 0 Å². The number of aryl methyl sites for hydroxylation is 1. The molecule has 0 saturated heterocycles. The lowest BCUT2D eigenvalue weighted by Gasteiger charge is -2.11. The van der Waals surface area contributed by atoms with Crippen molar-refractivity contribution in [3.63, 3.8) is 0 Å². The highest BCUT2D eigenvalue weighted by molar-refractivity contribution is 5.83. The van der Waals surface area contributed by atoms with Crippen molar-refractivity contribution in [2.45, 2.75) is 13.0 Å². The van der Waals surface area contributed by atoms with Gasteiger partial charge in [0.25, 0.3) is 5.56 Å². The van der Waals surface area contributed by atoms with Gasteiger partial charge in [-0.05, 0) is 35.7 Å². The molecule has 2 aromatic carbocycles. The van der Waals surface area contributed by atoms with E-state index in [0.717, 1.165) is 27.8 Å². The van der Waals surface area contributed by atoms with Gasteiger partial charge in [0.15, 0.2) is 11.2 Å². The summed E-state index contributed by atoms with van der Waals surface area (Å²) in [6, 6.07) is 15.8. The van der Waals surface area contributed by atoms with Gasteiger partial charge in [0, 0.05) is 37.7 Å². The second-order valence-corrected chi connectivity index (χ2v) is 8.28. The average molecular weight is 459 g/mol. The first-order valence-corrected chi connectivity index (χ1v) is 11.1. The van der Waals surface area contributed by atoms with Gasteiger partial charge in [0.1, 0.15) is 5.75 Å². The number of aromatic nitrogens is 5. The monoisotopic (exact) mass is 458 g/mol. The maximum atomic E-state index is 13.1. The molecule has 3 heterocycles. The summed E-state index contributed by atoms with van der Waals surface area (Å²) in [6.07, 6.45) is 2.79. The van der Waals surface area contributed by atoms with E-state index < -0.39 is 5.69 Å². The number of aromatic amines is 1. The third kappa shape index (κ3) is 3.64. The number of nitrogens with one attached hydrogen (secondary N) is 2. The van der Waals surface area contributed by atoms with Gasteiger partial charge in [-0.3, -0.25) is 18.5 Å². The summed E-state index contributed by atoms with van der Waals surface area (Å²) in [5, 5.41) is 4.58. The molecule has 0 amide bonds. The van der Waals surface area contributed by atoms with E-state index in [9.17, 15) is 9.59 Å². The molecule has 5 aromatic rings. The SMILES string of the molecule is COc1ccc(Cn2c(NCCc3c[nH]c4ccccc34)nc3c2c(=O)n(C)c(=O)n3C)cc1. The molecule has 3 aromatic heterocycles. The van der Waals surface area contributed by atoms with Gasteiger partial charge < -0.3 is 15.0 Å². The lowest BCUT2D eigenvalue weighted by Crippen LogP contribution is -2.37. The first kappa shape index (κ1) is 21.6.